The molecule has 0 aliphatic carbocycles. The van der Waals surface area contributed by atoms with E-state index in [2.05, 4.69) is 4.98 Å². The Morgan fingerprint density at radius 1 is 1.27 bits per heavy atom. The molecule has 1 aromatic carbocycles. The van der Waals surface area contributed by atoms with Gasteiger partial charge in [0.15, 0.2) is 5.78 Å². The average molecular weight is 302 g/mol. The predicted octanol–water partition coefficient (Wildman–Crippen LogP) is 0.458. The molecule has 0 spiro atoms. The van der Waals surface area contributed by atoms with Gasteiger partial charge >= 0.3 is 5.69 Å². The van der Waals surface area contributed by atoms with Crippen LogP contribution in [0.3, 0.4) is 0 Å². The molecule has 22 heavy (non-hydrogen) atoms. The van der Waals surface area contributed by atoms with Crippen LogP contribution in [-0.4, -0.2) is 28.9 Å². The van der Waals surface area contributed by atoms with E-state index in [1.54, 1.807) is 18.9 Å². The summed E-state index contributed by atoms with van der Waals surface area (Å²) in [6.45, 7) is 1.97. The first-order valence-corrected chi connectivity index (χ1v) is 6.87. The maximum absolute atomic E-state index is 12.4. The van der Waals surface area contributed by atoms with Crippen molar-refractivity contribution in [1.29, 1.82) is 0 Å². The minimum atomic E-state index is -0.751. The van der Waals surface area contributed by atoms with Gasteiger partial charge in [-0.15, -0.1) is 0 Å². The predicted molar refractivity (Wildman–Crippen MR) is 85.5 cm³/mol. The van der Waals surface area contributed by atoms with Crippen LogP contribution in [0.5, 0.6) is 0 Å². The molecule has 0 saturated heterocycles. The van der Waals surface area contributed by atoms with Gasteiger partial charge in [-0.3, -0.25) is 19.1 Å². The Labute approximate surface area is 127 Å². The molecule has 0 atom stereocenters. The van der Waals surface area contributed by atoms with Gasteiger partial charge in [-0.1, -0.05) is 18.2 Å². The fourth-order valence-corrected chi connectivity index (χ4v) is 2.24. The highest BCUT2D eigenvalue weighted by Gasteiger charge is 2.20. The number of carbonyl (C=O) groups excluding carboxylic acids is 1. The van der Waals surface area contributed by atoms with E-state index in [4.69, 9.17) is 5.73 Å². The number of nitrogens with two attached hydrogens (primary N) is 1. The maximum atomic E-state index is 12.4. The molecule has 1 heterocycles. The first kappa shape index (κ1) is 15.6. The third-order valence-corrected chi connectivity index (χ3v) is 3.41. The number of anilines is 2. The molecule has 0 fully saturated rings. The van der Waals surface area contributed by atoms with Gasteiger partial charge < -0.3 is 10.6 Å². The van der Waals surface area contributed by atoms with Crippen LogP contribution in [0, 0.1) is 0 Å². The first-order valence-electron chi connectivity index (χ1n) is 6.87. The van der Waals surface area contributed by atoms with Crippen LogP contribution in [0.25, 0.3) is 0 Å². The second kappa shape index (κ2) is 6.30. The molecule has 116 valence electrons. The molecule has 0 unspecified atom stereocenters. The molecular weight excluding hydrogens is 284 g/mol. The number of nitrogen functional groups attached to an aromatic ring is 1. The lowest BCUT2D eigenvalue weighted by molar-refractivity contribution is 0.0999. The SMILES string of the molecule is CCn1c(N)c(C(=O)CN(C)c2ccccc2)c(=O)[nH]c1=O. The largest absolute Gasteiger partial charge is 0.384 e. The average Bonchev–Trinajstić information content (AvgIpc) is 2.48. The number of likely N-dealkylation sites (N-methyl/N-ethyl adjacent to an activating group) is 1. The van der Waals surface area contributed by atoms with Crippen molar-refractivity contribution in [2.75, 3.05) is 24.2 Å². The van der Waals surface area contributed by atoms with Gasteiger partial charge in [-0.2, -0.15) is 0 Å². The van der Waals surface area contributed by atoms with E-state index >= 15 is 0 Å². The van der Waals surface area contributed by atoms with Gasteiger partial charge in [-0.25, -0.2) is 4.79 Å². The number of hydrogen-bond donors (Lipinski definition) is 2. The number of aromatic nitrogens is 2. The molecular formula is C15H18N4O3. The Morgan fingerprint density at radius 3 is 2.50 bits per heavy atom. The molecule has 0 radical (unpaired) electrons. The molecule has 3 N–H and O–H groups in total. The van der Waals surface area contributed by atoms with Gasteiger partial charge in [0.2, 0.25) is 0 Å². The van der Waals surface area contributed by atoms with Crippen LogP contribution in [0.4, 0.5) is 11.5 Å². The molecule has 1 aromatic heterocycles. The van der Waals surface area contributed by atoms with E-state index in [1.165, 1.54) is 0 Å². The van der Waals surface area contributed by atoms with Crippen molar-refractivity contribution in [2.45, 2.75) is 13.5 Å². The van der Waals surface area contributed by atoms with Crippen molar-refractivity contribution in [2.24, 2.45) is 0 Å². The van der Waals surface area contributed by atoms with E-state index in [-0.39, 0.29) is 24.5 Å². The summed E-state index contributed by atoms with van der Waals surface area (Å²) < 4.78 is 1.16. The van der Waals surface area contributed by atoms with Crippen molar-refractivity contribution in [3.8, 4) is 0 Å². The van der Waals surface area contributed by atoms with E-state index in [9.17, 15) is 14.4 Å². The number of Topliss-reactive ketones (excluding diaryl/α,β-unsaturated/α-hetero) is 1. The topological polar surface area (TPSA) is 101 Å². The molecule has 0 bridgehead atoms. The number of ketones is 1. The molecule has 0 amide bonds. The quantitative estimate of drug-likeness (QED) is 0.781. The van der Waals surface area contributed by atoms with Gasteiger partial charge in [0.05, 0.1) is 6.54 Å². The number of para-hydroxylation sites is 1. The van der Waals surface area contributed by atoms with Crippen LogP contribution in [-0.2, 0) is 6.54 Å². The second-order valence-corrected chi connectivity index (χ2v) is 4.88. The Bertz CT molecular complexity index is 793. The summed E-state index contributed by atoms with van der Waals surface area (Å²) in [7, 11) is 1.74. The van der Waals surface area contributed by atoms with Gasteiger partial charge in [0.25, 0.3) is 5.56 Å². The van der Waals surface area contributed by atoms with E-state index in [1.807, 2.05) is 30.3 Å². The van der Waals surface area contributed by atoms with E-state index in [0.29, 0.717) is 0 Å². The van der Waals surface area contributed by atoms with Crippen molar-refractivity contribution in [3.63, 3.8) is 0 Å². The normalized spacial score (nSPS) is 10.5. The maximum Gasteiger partial charge on any atom is 0.329 e. The van der Waals surface area contributed by atoms with Crippen molar-refractivity contribution in [1.82, 2.24) is 9.55 Å². The van der Waals surface area contributed by atoms with Gasteiger partial charge in [0.1, 0.15) is 11.4 Å². The van der Waals surface area contributed by atoms with Crippen LogP contribution in [0.15, 0.2) is 39.9 Å². The molecule has 2 aromatic rings. The lowest BCUT2D eigenvalue weighted by atomic mass is 10.1. The third-order valence-electron chi connectivity index (χ3n) is 3.41. The lowest BCUT2D eigenvalue weighted by Crippen LogP contribution is -2.38. The van der Waals surface area contributed by atoms with E-state index in [0.717, 1.165) is 10.3 Å². The van der Waals surface area contributed by atoms with E-state index < -0.39 is 17.0 Å². The summed E-state index contributed by atoms with van der Waals surface area (Å²) in [5, 5.41) is 0. The van der Waals surface area contributed by atoms with Crippen molar-refractivity contribution >= 4 is 17.3 Å². The molecule has 7 nitrogen and oxygen atoms in total. The summed E-state index contributed by atoms with van der Waals surface area (Å²) in [6.07, 6.45) is 0. The third kappa shape index (κ3) is 2.93. The fourth-order valence-electron chi connectivity index (χ4n) is 2.24. The fraction of sp³-hybridized carbons (Fsp3) is 0.267. The van der Waals surface area contributed by atoms with Crippen LogP contribution < -0.4 is 21.9 Å². The minimum absolute atomic E-state index is 0.0147. The number of nitrogens with zero attached hydrogens (tertiary/aromatic N) is 2. The summed E-state index contributed by atoms with van der Waals surface area (Å²) in [6, 6.07) is 9.30. The Balaban J connectivity index is 2.35. The van der Waals surface area contributed by atoms with Gasteiger partial charge in [0, 0.05) is 19.3 Å². The zero-order valence-corrected chi connectivity index (χ0v) is 12.5. The molecule has 0 aliphatic rings. The van der Waals surface area contributed by atoms with Crippen molar-refractivity contribution < 1.29 is 4.79 Å². The number of H-pyrrole nitrogens is 1. The smallest absolute Gasteiger partial charge is 0.329 e. The Kier molecular flexibility index (Phi) is 4.45. The number of carbonyl (C=O) groups is 1. The van der Waals surface area contributed by atoms with Crippen molar-refractivity contribution in [3.05, 3.63) is 56.7 Å². The highest BCUT2D eigenvalue weighted by molar-refractivity contribution is 6.02. The number of nitrogens with one attached hydrogen (secondary N) is 1. The summed E-state index contributed by atoms with van der Waals surface area (Å²) >= 11 is 0. The zero-order valence-electron chi connectivity index (χ0n) is 12.5. The minimum Gasteiger partial charge on any atom is -0.384 e. The van der Waals surface area contributed by atoms with Gasteiger partial charge in [-0.05, 0) is 19.1 Å². The second-order valence-electron chi connectivity index (χ2n) is 4.88. The number of hydrogen-bond acceptors (Lipinski definition) is 5. The van der Waals surface area contributed by atoms with Crippen LogP contribution >= 0.6 is 0 Å². The number of rotatable bonds is 5. The highest BCUT2D eigenvalue weighted by Crippen LogP contribution is 2.12. The summed E-state index contributed by atoms with van der Waals surface area (Å²) in [5.41, 5.74) is 5.12. The Hall–Kier alpha value is -2.83. The summed E-state index contributed by atoms with van der Waals surface area (Å²) in [5.74, 6) is -0.532. The monoisotopic (exact) mass is 302 g/mol. The van der Waals surface area contributed by atoms with Crippen LogP contribution in [0.1, 0.15) is 17.3 Å². The summed E-state index contributed by atoms with van der Waals surface area (Å²) in [4.78, 5) is 39.7. The standard InChI is InChI=1S/C15H18N4O3/c1-3-19-13(16)12(14(21)17-15(19)22)11(20)9-18(2)10-7-5-4-6-8-10/h4-8H,3,9,16H2,1-2H3,(H,17,21,22). The molecule has 7 heteroatoms. The lowest BCUT2D eigenvalue weighted by Gasteiger charge is -2.19. The molecule has 0 aliphatic heterocycles. The van der Waals surface area contributed by atoms with Crippen LogP contribution in [0.2, 0.25) is 0 Å². The molecule has 0 saturated carbocycles. The highest BCUT2D eigenvalue weighted by atomic mass is 16.2. The zero-order chi connectivity index (χ0) is 16.3. The number of aromatic amines is 1. The number of benzene rings is 1. The first-order chi connectivity index (χ1) is 10.5. The Morgan fingerprint density at radius 2 is 1.91 bits per heavy atom. The molecule has 2 rings (SSSR count).